The molecule has 5 heteroatoms. The third kappa shape index (κ3) is 2.85. The molecule has 0 aliphatic heterocycles. The molecule has 0 spiro atoms. The molecule has 0 radical (unpaired) electrons. The van der Waals surface area contributed by atoms with Crippen LogP contribution in [0, 0.1) is 10.1 Å². The fourth-order valence-electron chi connectivity index (χ4n) is 2.15. The number of nitro groups is 1. The normalized spacial score (nSPS) is 12.3. The fourth-order valence-corrected chi connectivity index (χ4v) is 2.47. The summed E-state index contributed by atoms with van der Waals surface area (Å²) in [6, 6.07) is 9.08. The van der Waals surface area contributed by atoms with Gasteiger partial charge in [0.25, 0.3) is 0 Å². The molecule has 0 bridgehead atoms. The summed E-state index contributed by atoms with van der Waals surface area (Å²) in [6.45, 7) is 4.13. The topological polar surface area (TPSA) is 56.3 Å². The van der Waals surface area contributed by atoms with Crippen LogP contribution in [0.25, 0.3) is 0 Å². The number of hydrogen-bond acceptors (Lipinski definition) is 3. The predicted octanol–water partition coefficient (Wildman–Crippen LogP) is 4.64. The van der Waals surface area contributed by atoms with E-state index in [-0.39, 0.29) is 5.88 Å². The molecule has 0 saturated carbocycles. The molecule has 1 heterocycles. The number of hydrogen-bond donors (Lipinski definition) is 0. The molecular formula is C15H16ClNO3. The monoisotopic (exact) mass is 293 g/mol. The van der Waals surface area contributed by atoms with E-state index in [1.165, 1.54) is 11.6 Å². The zero-order valence-corrected chi connectivity index (χ0v) is 12.2. The quantitative estimate of drug-likeness (QED) is 0.458. The van der Waals surface area contributed by atoms with Crippen LogP contribution in [0.3, 0.4) is 0 Å². The first-order chi connectivity index (χ1) is 9.56. The van der Waals surface area contributed by atoms with Crippen LogP contribution in [0.15, 0.2) is 34.7 Å². The van der Waals surface area contributed by atoms with Gasteiger partial charge in [0.05, 0.1) is 6.07 Å². The molecule has 0 fully saturated rings. The summed E-state index contributed by atoms with van der Waals surface area (Å²) in [7, 11) is 0. The Morgan fingerprint density at radius 2 is 2.00 bits per heavy atom. The Bertz CT molecular complexity index is 621. The Morgan fingerprint density at radius 3 is 2.55 bits per heavy atom. The van der Waals surface area contributed by atoms with Gasteiger partial charge in [0.15, 0.2) is 0 Å². The van der Waals surface area contributed by atoms with E-state index in [2.05, 4.69) is 26.0 Å². The lowest BCUT2D eigenvalue weighted by molar-refractivity contribution is -0.402. The summed E-state index contributed by atoms with van der Waals surface area (Å²) < 4.78 is 5.20. The Kier molecular flexibility index (Phi) is 4.45. The van der Waals surface area contributed by atoms with E-state index in [1.807, 2.05) is 6.07 Å². The standard InChI is InChI=1S/C15H16ClNO3/c1-3-10-5-6-11(4-2)12(9-10)15(16)13-7-8-14(20-13)17(18)19/h5-9,15H,3-4H2,1-2H3. The van der Waals surface area contributed by atoms with Crippen molar-refractivity contribution >= 4 is 17.5 Å². The molecule has 2 rings (SSSR count). The van der Waals surface area contributed by atoms with E-state index in [0.29, 0.717) is 5.76 Å². The van der Waals surface area contributed by atoms with Crippen molar-refractivity contribution in [3.63, 3.8) is 0 Å². The van der Waals surface area contributed by atoms with Crippen molar-refractivity contribution in [2.24, 2.45) is 0 Å². The molecule has 20 heavy (non-hydrogen) atoms. The Hall–Kier alpha value is -1.81. The minimum absolute atomic E-state index is 0.282. The molecule has 106 valence electrons. The van der Waals surface area contributed by atoms with Gasteiger partial charge in [-0.3, -0.25) is 10.1 Å². The van der Waals surface area contributed by atoms with Crippen LogP contribution in [-0.4, -0.2) is 4.92 Å². The third-order valence-electron chi connectivity index (χ3n) is 3.31. The summed E-state index contributed by atoms with van der Waals surface area (Å²) in [5.74, 6) is 0.122. The average molecular weight is 294 g/mol. The Morgan fingerprint density at radius 1 is 1.25 bits per heavy atom. The average Bonchev–Trinajstić information content (AvgIpc) is 2.95. The number of furan rings is 1. The number of aryl methyl sites for hydroxylation is 2. The van der Waals surface area contributed by atoms with Crippen LogP contribution in [-0.2, 0) is 12.8 Å². The highest BCUT2D eigenvalue weighted by atomic mass is 35.5. The van der Waals surface area contributed by atoms with Crippen molar-refractivity contribution < 1.29 is 9.34 Å². The van der Waals surface area contributed by atoms with Gasteiger partial charge in [0.2, 0.25) is 0 Å². The Labute approximate surface area is 122 Å². The Balaban J connectivity index is 2.40. The first-order valence-corrected chi connectivity index (χ1v) is 7.00. The maximum absolute atomic E-state index is 10.7. The van der Waals surface area contributed by atoms with Gasteiger partial charge in [-0.2, -0.15) is 0 Å². The molecule has 1 aromatic heterocycles. The molecule has 0 aliphatic rings. The number of rotatable bonds is 5. The summed E-state index contributed by atoms with van der Waals surface area (Å²) in [5, 5.41) is 10.2. The van der Waals surface area contributed by atoms with E-state index < -0.39 is 10.3 Å². The summed E-state index contributed by atoms with van der Waals surface area (Å²) in [5.41, 5.74) is 3.27. The van der Waals surface area contributed by atoms with E-state index in [0.717, 1.165) is 24.0 Å². The summed E-state index contributed by atoms with van der Waals surface area (Å²) >= 11 is 6.45. The highest BCUT2D eigenvalue weighted by Crippen LogP contribution is 2.34. The minimum atomic E-state index is -0.559. The maximum atomic E-state index is 10.7. The summed E-state index contributed by atoms with van der Waals surface area (Å²) in [4.78, 5) is 10.1. The van der Waals surface area contributed by atoms with Crippen LogP contribution < -0.4 is 0 Å². The van der Waals surface area contributed by atoms with Gasteiger partial charge in [0.1, 0.15) is 16.1 Å². The lowest BCUT2D eigenvalue weighted by atomic mass is 9.97. The van der Waals surface area contributed by atoms with Crippen LogP contribution in [0.1, 0.15) is 41.7 Å². The predicted molar refractivity (Wildman–Crippen MR) is 78.3 cm³/mol. The van der Waals surface area contributed by atoms with Crippen molar-refractivity contribution in [1.29, 1.82) is 0 Å². The van der Waals surface area contributed by atoms with Gasteiger partial charge in [0, 0.05) is 0 Å². The van der Waals surface area contributed by atoms with Crippen molar-refractivity contribution in [1.82, 2.24) is 0 Å². The smallest absolute Gasteiger partial charge is 0.404 e. The van der Waals surface area contributed by atoms with Crippen LogP contribution in [0.4, 0.5) is 5.88 Å². The fraction of sp³-hybridized carbons (Fsp3) is 0.333. The van der Waals surface area contributed by atoms with Gasteiger partial charge in [-0.05, 0) is 35.6 Å². The number of nitrogens with zero attached hydrogens (tertiary/aromatic N) is 1. The first-order valence-electron chi connectivity index (χ1n) is 6.56. The zero-order chi connectivity index (χ0) is 14.7. The zero-order valence-electron chi connectivity index (χ0n) is 11.4. The van der Waals surface area contributed by atoms with E-state index in [4.69, 9.17) is 16.0 Å². The van der Waals surface area contributed by atoms with Crippen molar-refractivity contribution in [3.05, 3.63) is 62.9 Å². The van der Waals surface area contributed by atoms with Crippen LogP contribution in [0.2, 0.25) is 0 Å². The molecule has 0 aliphatic carbocycles. The number of halogens is 1. The lowest BCUT2D eigenvalue weighted by Crippen LogP contribution is -1.99. The highest BCUT2D eigenvalue weighted by Gasteiger charge is 2.21. The molecule has 1 atom stereocenters. The second-order valence-corrected chi connectivity index (χ2v) is 4.97. The molecule has 1 unspecified atom stereocenters. The number of alkyl halides is 1. The third-order valence-corrected chi connectivity index (χ3v) is 3.76. The van der Waals surface area contributed by atoms with Gasteiger partial charge >= 0.3 is 5.88 Å². The summed E-state index contributed by atoms with van der Waals surface area (Å²) in [6.07, 6.45) is 1.77. The second kappa shape index (κ2) is 6.09. The van der Waals surface area contributed by atoms with E-state index in [9.17, 15) is 10.1 Å². The molecule has 0 saturated heterocycles. The molecule has 0 N–H and O–H groups in total. The molecular weight excluding hydrogens is 278 g/mol. The highest BCUT2D eigenvalue weighted by molar-refractivity contribution is 6.22. The minimum Gasteiger partial charge on any atom is -0.404 e. The van der Waals surface area contributed by atoms with Crippen molar-refractivity contribution in [3.8, 4) is 0 Å². The van der Waals surface area contributed by atoms with Crippen molar-refractivity contribution in [2.45, 2.75) is 32.1 Å². The molecule has 4 nitrogen and oxygen atoms in total. The lowest BCUT2D eigenvalue weighted by Gasteiger charge is -2.13. The largest absolute Gasteiger partial charge is 0.433 e. The van der Waals surface area contributed by atoms with Crippen LogP contribution >= 0.6 is 11.6 Å². The van der Waals surface area contributed by atoms with Gasteiger partial charge in [-0.25, -0.2) is 0 Å². The van der Waals surface area contributed by atoms with Gasteiger partial charge < -0.3 is 4.42 Å². The van der Waals surface area contributed by atoms with Crippen molar-refractivity contribution in [2.75, 3.05) is 0 Å². The van der Waals surface area contributed by atoms with Crippen LogP contribution in [0.5, 0.6) is 0 Å². The maximum Gasteiger partial charge on any atom is 0.433 e. The van der Waals surface area contributed by atoms with E-state index in [1.54, 1.807) is 6.07 Å². The second-order valence-electron chi connectivity index (χ2n) is 4.54. The first kappa shape index (κ1) is 14.6. The molecule has 1 aromatic carbocycles. The molecule has 2 aromatic rings. The van der Waals surface area contributed by atoms with E-state index >= 15 is 0 Å². The van der Waals surface area contributed by atoms with Gasteiger partial charge in [-0.1, -0.05) is 32.0 Å². The SMILES string of the molecule is CCc1ccc(CC)c(C(Cl)c2ccc([N+](=O)[O-])o2)c1. The number of benzene rings is 1. The molecule has 0 amide bonds. The van der Waals surface area contributed by atoms with Gasteiger partial charge in [-0.15, -0.1) is 11.6 Å².